The molecule has 41 heavy (non-hydrogen) atoms. The number of nitrogens with one attached hydrogen (secondary N) is 2. The van der Waals surface area contributed by atoms with Gasteiger partial charge in [0, 0.05) is 23.4 Å². The van der Waals surface area contributed by atoms with Gasteiger partial charge in [-0.25, -0.2) is 21.6 Å². The molecule has 0 atom stereocenters. The van der Waals surface area contributed by atoms with E-state index >= 15 is 0 Å². The Morgan fingerprint density at radius 2 is 1.61 bits per heavy atom. The number of anilines is 1. The number of rotatable bonds is 11. The lowest BCUT2D eigenvalue weighted by atomic mass is 10.1. The standard InChI is InChI=1S/C24H30N4O10S3/c1-24(2,3)28-40(32,33)21-14-18(22-16(23(21)29)7-6-8-17(22)27-39(5,30)31)26-25-15-9-10-19(38-12-11-37-4)20(13-15)41(34,35)36/h6-10,13-14,27-29H,11-12H2,1-5H3,(H,34,35,36). The first-order chi connectivity index (χ1) is 18.8. The highest BCUT2D eigenvalue weighted by Crippen LogP contribution is 2.43. The molecule has 0 heterocycles. The first-order valence-electron chi connectivity index (χ1n) is 11.8. The number of methoxy groups -OCH3 is 1. The van der Waals surface area contributed by atoms with Crippen LogP contribution in [0.15, 0.2) is 62.5 Å². The van der Waals surface area contributed by atoms with Crippen LogP contribution in [-0.2, 0) is 34.9 Å². The van der Waals surface area contributed by atoms with Crippen molar-refractivity contribution < 1.29 is 44.4 Å². The molecule has 0 radical (unpaired) electrons. The number of fused-ring (bicyclic) bond motifs is 1. The normalized spacial score (nSPS) is 13.1. The minimum Gasteiger partial charge on any atom is -0.506 e. The molecule has 3 aromatic carbocycles. The van der Waals surface area contributed by atoms with Crippen molar-refractivity contribution in [3.8, 4) is 11.5 Å². The van der Waals surface area contributed by atoms with Crippen molar-refractivity contribution in [3.05, 3.63) is 42.5 Å². The van der Waals surface area contributed by atoms with Gasteiger partial charge in [-0.05, 0) is 51.1 Å². The van der Waals surface area contributed by atoms with Gasteiger partial charge in [-0.1, -0.05) is 12.1 Å². The number of azo groups is 1. The summed E-state index contributed by atoms with van der Waals surface area (Å²) in [5, 5.41) is 19.0. The van der Waals surface area contributed by atoms with E-state index in [4.69, 9.17) is 9.47 Å². The van der Waals surface area contributed by atoms with Crippen LogP contribution in [0.4, 0.5) is 17.1 Å². The maximum atomic E-state index is 13.2. The van der Waals surface area contributed by atoms with Crippen molar-refractivity contribution in [2.75, 3.05) is 31.3 Å². The van der Waals surface area contributed by atoms with E-state index in [0.717, 1.165) is 18.4 Å². The molecule has 14 nitrogen and oxygen atoms in total. The molecule has 0 spiro atoms. The van der Waals surface area contributed by atoms with Crippen LogP contribution in [-0.4, -0.2) is 67.0 Å². The Balaban J connectivity index is 2.27. The van der Waals surface area contributed by atoms with Gasteiger partial charge in [-0.2, -0.15) is 13.5 Å². The molecule has 4 N–H and O–H groups in total. The van der Waals surface area contributed by atoms with Gasteiger partial charge >= 0.3 is 0 Å². The van der Waals surface area contributed by atoms with E-state index in [-0.39, 0.29) is 46.8 Å². The Bertz CT molecular complexity index is 1820. The maximum absolute atomic E-state index is 13.2. The summed E-state index contributed by atoms with van der Waals surface area (Å²) in [6.45, 7) is 4.96. The highest BCUT2D eigenvalue weighted by Gasteiger charge is 2.28. The lowest BCUT2D eigenvalue weighted by Gasteiger charge is -2.21. The molecule has 0 saturated carbocycles. The summed E-state index contributed by atoms with van der Waals surface area (Å²) in [6.07, 6.45) is 0.909. The summed E-state index contributed by atoms with van der Waals surface area (Å²) in [7, 11) is -11.5. The molecule has 17 heteroatoms. The molecule has 224 valence electrons. The number of nitrogens with zero attached hydrogens (tertiary/aromatic N) is 2. The van der Waals surface area contributed by atoms with Crippen molar-refractivity contribution in [2.24, 2.45) is 10.2 Å². The van der Waals surface area contributed by atoms with Crippen LogP contribution < -0.4 is 14.2 Å². The van der Waals surface area contributed by atoms with Crippen molar-refractivity contribution >= 4 is 58.0 Å². The van der Waals surface area contributed by atoms with Gasteiger partial charge < -0.3 is 14.6 Å². The molecule has 0 aliphatic rings. The fraction of sp³-hybridized carbons (Fsp3) is 0.333. The molecule has 3 aromatic rings. The average molecular weight is 631 g/mol. The molecule has 0 saturated heterocycles. The second-order valence-electron chi connectivity index (χ2n) is 9.85. The Kier molecular flexibility index (Phi) is 9.31. The highest BCUT2D eigenvalue weighted by atomic mass is 32.2. The second kappa shape index (κ2) is 11.9. The molecular formula is C24H30N4O10S3. The average Bonchev–Trinajstić information content (AvgIpc) is 2.81. The smallest absolute Gasteiger partial charge is 0.298 e. The van der Waals surface area contributed by atoms with Crippen LogP contribution in [0.25, 0.3) is 10.8 Å². The summed E-state index contributed by atoms with van der Waals surface area (Å²) in [5.74, 6) is -0.820. The van der Waals surface area contributed by atoms with Crippen LogP contribution in [0.3, 0.4) is 0 Å². The number of benzene rings is 3. The van der Waals surface area contributed by atoms with E-state index < -0.39 is 51.2 Å². The largest absolute Gasteiger partial charge is 0.506 e. The molecule has 3 rings (SSSR count). The van der Waals surface area contributed by atoms with Gasteiger partial charge in [-0.15, -0.1) is 5.11 Å². The van der Waals surface area contributed by atoms with Gasteiger partial charge in [0.05, 0.1) is 29.9 Å². The summed E-state index contributed by atoms with van der Waals surface area (Å²) >= 11 is 0. The van der Waals surface area contributed by atoms with Crippen LogP contribution in [0.2, 0.25) is 0 Å². The molecule has 0 unspecified atom stereocenters. The monoisotopic (exact) mass is 630 g/mol. The van der Waals surface area contributed by atoms with Gasteiger partial charge in [0.2, 0.25) is 20.0 Å². The third-order valence-corrected chi connectivity index (χ3v) is 8.36. The number of ether oxygens (including phenoxy) is 2. The van der Waals surface area contributed by atoms with E-state index in [2.05, 4.69) is 19.7 Å². The Labute approximate surface area is 238 Å². The Morgan fingerprint density at radius 1 is 0.927 bits per heavy atom. The van der Waals surface area contributed by atoms with Crippen molar-refractivity contribution in [3.63, 3.8) is 0 Å². The van der Waals surface area contributed by atoms with Crippen LogP contribution in [0.5, 0.6) is 11.5 Å². The van der Waals surface area contributed by atoms with E-state index in [1.54, 1.807) is 20.8 Å². The fourth-order valence-electron chi connectivity index (χ4n) is 3.68. The molecule has 0 bridgehead atoms. The fourth-order valence-corrected chi connectivity index (χ4v) is 6.44. The summed E-state index contributed by atoms with van der Waals surface area (Å²) < 4.78 is 99.0. The lowest BCUT2D eigenvalue weighted by molar-refractivity contribution is 0.144. The Hall–Kier alpha value is -3.35. The number of sulfonamides is 2. The zero-order valence-electron chi connectivity index (χ0n) is 22.7. The van der Waals surface area contributed by atoms with Gasteiger partial charge in [-0.3, -0.25) is 9.27 Å². The highest BCUT2D eigenvalue weighted by molar-refractivity contribution is 7.92. The zero-order chi connectivity index (χ0) is 30.8. The van der Waals surface area contributed by atoms with Gasteiger partial charge in [0.15, 0.2) is 0 Å². The number of phenolic OH excluding ortho intramolecular Hbond substituents is 1. The SMILES string of the molecule is COCCOc1ccc(N=Nc2cc(S(=O)(=O)NC(C)(C)C)c(O)c3cccc(NS(C)(=O)=O)c23)cc1S(=O)(=O)O. The number of hydrogen-bond acceptors (Lipinski definition) is 11. The second-order valence-corrected chi connectivity index (χ2v) is 14.6. The van der Waals surface area contributed by atoms with Gasteiger partial charge in [0.25, 0.3) is 10.1 Å². The van der Waals surface area contributed by atoms with E-state index in [0.29, 0.717) is 0 Å². The van der Waals surface area contributed by atoms with Crippen LogP contribution in [0.1, 0.15) is 20.8 Å². The van der Waals surface area contributed by atoms with E-state index in [1.807, 2.05) is 0 Å². The molecule has 0 aromatic heterocycles. The molecule has 0 fully saturated rings. The Morgan fingerprint density at radius 3 is 2.20 bits per heavy atom. The summed E-state index contributed by atoms with van der Waals surface area (Å²) in [4.78, 5) is -1.15. The third-order valence-electron chi connectivity index (χ3n) is 5.13. The molecule has 0 aliphatic carbocycles. The first-order valence-corrected chi connectivity index (χ1v) is 16.6. The van der Waals surface area contributed by atoms with Gasteiger partial charge in [0.1, 0.15) is 27.9 Å². The molecular weight excluding hydrogens is 600 g/mol. The van der Waals surface area contributed by atoms with E-state index in [9.17, 15) is 34.9 Å². The minimum atomic E-state index is -4.75. The van der Waals surface area contributed by atoms with Crippen molar-refractivity contribution in [2.45, 2.75) is 36.1 Å². The number of aromatic hydroxyl groups is 1. The summed E-state index contributed by atoms with van der Waals surface area (Å²) in [6, 6.07) is 8.72. The van der Waals surface area contributed by atoms with E-state index in [1.165, 1.54) is 37.4 Å². The van der Waals surface area contributed by atoms with Crippen molar-refractivity contribution in [1.29, 1.82) is 0 Å². The predicted octanol–water partition coefficient (Wildman–Crippen LogP) is 3.68. The quantitative estimate of drug-likeness (QED) is 0.137. The van der Waals surface area contributed by atoms with Crippen LogP contribution in [0, 0.1) is 0 Å². The number of hydrogen-bond donors (Lipinski definition) is 4. The number of phenols is 1. The topological polar surface area (TPSA) is 210 Å². The van der Waals surface area contributed by atoms with Crippen LogP contribution >= 0.6 is 0 Å². The zero-order valence-corrected chi connectivity index (χ0v) is 25.2. The lowest BCUT2D eigenvalue weighted by Crippen LogP contribution is -2.40. The third kappa shape index (κ3) is 8.34. The first kappa shape index (κ1) is 32.2. The molecule has 0 aliphatic heterocycles. The minimum absolute atomic E-state index is 0.00462. The predicted molar refractivity (Wildman–Crippen MR) is 152 cm³/mol. The maximum Gasteiger partial charge on any atom is 0.298 e. The molecule has 0 amide bonds. The van der Waals surface area contributed by atoms with Crippen molar-refractivity contribution in [1.82, 2.24) is 4.72 Å². The summed E-state index contributed by atoms with van der Waals surface area (Å²) in [5.41, 5.74) is -1.19.